The number of hydrogen-bond acceptors (Lipinski definition) is 7. The van der Waals surface area contributed by atoms with Gasteiger partial charge in [0.2, 0.25) is 11.8 Å². The average molecular weight is 294 g/mol. The fourth-order valence-electron chi connectivity index (χ4n) is 1.62. The molecule has 0 saturated heterocycles. The molecule has 1 heterocycles. The smallest absolute Gasteiger partial charge is 0.329 e. The Morgan fingerprint density at radius 2 is 2.00 bits per heavy atom. The highest BCUT2D eigenvalue weighted by Crippen LogP contribution is 2.31. The fraction of sp³-hybridized carbons (Fsp3) is 0.308. The summed E-state index contributed by atoms with van der Waals surface area (Å²) < 4.78 is 20.6. The van der Waals surface area contributed by atoms with E-state index in [1.807, 2.05) is 0 Å². The van der Waals surface area contributed by atoms with E-state index in [2.05, 4.69) is 10.2 Å². The number of nitrogens with zero attached hydrogens (tertiary/aromatic N) is 2. The molecule has 0 aliphatic carbocycles. The van der Waals surface area contributed by atoms with Crippen molar-refractivity contribution in [1.82, 2.24) is 10.2 Å². The first-order valence-corrected chi connectivity index (χ1v) is 5.98. The molecule has 0 radical (unpaired) electrons. The second-order valence-electron chi connectivity index (χ2n) is 3.96. The Labute approximate surface area is 120 Å². The number of benzene rings is 1. The quantitative estimate of drug-likeness (QED) is 0.816. The molecule has 2 aromatic rings. The van der Waals surface area contributed by atoms with Gasteiger partial charge in [-0.2, -0.15) is 0 Å². The minimum atomic E-state index is -1.06. The predicted octanol–water partition coefficient (Wildman–Crippen LogP) is 1.35. The standard InChI is InChI=1S/C13H14N2O6/c1-18-9-4-3-8(5-10(9)19-2)13-15-14-11(21-13)6-20-7-12(16)17/h3-5H,6-7H2,1-2H3,(H,16,17). The lowest BCUT2D eigenvalue weighted by atomic mass is 10.2. The number of ether oxygens (including phenoxy) is 3. The van der Waals surface area contributed by atoms with E-state index in [0.29, 0.717) is 17.1 Å². The number of methoxy groups -OCH3 is 2. The van der Waals surface area contributed by atoms with Gasteiger partial charge >= 0.3 is 5.97 Å². The minimum absolute atomic E-state index is 0.0629. The maximum Gasteiger partial charge on any atom is 0.329 e. The molecule has 1 aromatic carbocycles. The van der Waals surface area contributed by atoms with E-state index in [9.17, 15) is 4.79 Å². The van der Waals surface area contributed by atoms with Crippen molar-refractivity contribution in [3.05, 3.63) is 24.1 Å². The van der Waals surface area contributed by atoms with Crippen LogP contribution in [-0.4, -0.2) is 42.1 Å². The summed E-state index contributed by atoms with van der Waals surface area (Å²) in [6.07, 6.45) is 0. The van der Waals surface area contributed by atoms with Crippen LogP contribution in [0.4, 0.5) is 0 Å². The Morgan fingerprint density at radius 1 is 1.24 bits per heavy atom. The second kappa shape index (κ2) is 6.71. The topological polar surface area (TPSA) is 104 Å². The van der Waals surface area contributed by atoms with Gasteiger partial charge < -0.3 is 23.7 Å². The van der Waals surface area contributed by atoms with Crippen molar-refractivity contribution in [3.8, 4) is 23.0 Å². The summed E-state index contributed by atoms with van der Waals surface area (Å²) in [6, 6.07) is 5.17. The van der Waals surface area contributed by atoms with Gasteiger partial charge in [0.1, 0.15) is 13.2 Å². The third-order valence-electron chi connectivity index (χ3n) is 2.55. The fourth-order valence-corrected chi connectivity index (χ4v) is 1.62. The van der Waals surface area contributed by atoms with Crippen molar-refractivity contribution in [1.29, 1.82) is 0 Å². The molecule has 112 valence electrons. The first-order chi connectivity index (χ1) is 10.1. The molecule has 0 bridgehead atoms. The van der Waals surface area contributed by atoms with E-state index in [-0.39, 0.29) is 18.4 Å². The highest BCUT2D eigenvalue weighted by molar-refractivity contribution is 5.68. The highest BCUT2D eigenvalue weighted by atomic mass is 16.5. The molecule has 0 aliphatic heterocycles. The molecule has 2 rings (SSSR count). The van der Waals surface area contributed by atoms with Gasteiger partial charge in [0.25, 0.3) is 0 Å². The Morgan fingerprint density at radius 3 is 2.67 bits per heavy atom. The predicted molar refractivity (Wildman–Crippen MR) is 70.1 cm³/mol. The molecule has 0 fully saturated rings. The molecule has 1 aromatic heterocycles. The van der Waals surface area contributed by atoms with Gasteiger partial charge in [-0.3, -0.25) is 0 Å². The summed E-state index contributed by atoms with van der Waals surface area (Å²) in [5.74, 6) is 0.545. The van der Waals surface area contributed by atoms with Crippen LogP contribution >= 0.6 is 0 Å². The molecule has 0 atom stereocenters. The van der Waals surface area contributed by atoms with Gasteiger partial charge in [-0.1, -0.05) is 0 Å². The van der Waals surface area contributed by atoms with Crippen LogP contribution in [-0.2, 0) is 16.1 Å². The maximum absolute atomic E-state index is 10.3. The molecule has 0 amide bonds. The zero-order valence-corrected chi connectivity index (χ0v) is 11.5. The van der Waals surface area contributed by atoms with Crippen LogP contribution in [0.25, 0.3) is 11.5 Å². The number of aliphatic carboxylic acids is 1. The zero-order valence-electron chi connectivity index (χ0n) is 11.5. The first-order valence-electron chi connectivity index (χ1n) is 5.98. The van der Waals surface area contributed by atoms with Gasteiger partial charge in [-0.25, -0.2) is 4.79 Å². The summed E-state index contributed by atoms with van der Waals surface area (Å²) >= 11 is 0. The van der Waals surface area contributed by atoms with Crippen molar-refractivity contribution in [3.63, 3.8) is 0 Å². The monoisotopic (exact) mass is 294 g/mol. The van der Waals surface area contributed by atoms with Crippen LogP contribution in [0.2, 0.25) is 0 Å². The van der Waals surface area contributed by atoms with Crippen LogP contribution in [0.15, 0.2) is 22.6 Å². The Balaban J connectivity index is 2.12. The number of hydrogen-bond donors (Lipinski definition) is 1. The van der Waals surface area contributed by atoms with Crippen LogP contribution in [0.5, 0.6) is 11.5 Å². The molecule has 21 heavy (non-hydrogen) atoms. The summed E-state index contributed by atoms with van der Waals surface area (Å²) in [4.78, 5) is 10.3. The average Bonchev–Trinajstić information content (AvgIpc) is 2.95. The molecular weight excluding hydrogens is 280 g/mol. The summed E-state index contributed by atoms with van der Waals surface area (Å²) in [5.41, 5.74) is 0.657. The third kappa shape index (κ3) is 3.69. The Kier molecular flexibility index (Phi) is 4.72. The zero-order chi connectivity index (χ0) is 15.2. The van der Waals surface area contributed by atoms with Crippen molar-refractivity contribution in [2.24, 2.45) is 0 Å². The van der Waals surface area contributed by atoms with Crippen molar-refractivity contribution < 1.29 is 28.5 Å². The molecule has 0 unspecified atom stereocenters. The third-order valence-corrected chi connectivity index (χ3v) is 2.55. The number of aromatic nitrogens is 2. The Hall–Kier alpha value is -2.61. The van der Waals surface area contributed by atoms with Crippen LogP contribution in [0.3, 0.4) is 0 Å². The normalized spacial score (nSPS) is 10.4. The van der Waals surface area contributed by atoms with E-state index >= 15 is 0 Å². The van der Waals surface area contributed by atoms with Crippen LogP contribution in [0.1, 0.15) is 5.89 Å². The second-order valence-corrected chi connectivity index (χ2v) is 3.96. The number of carbonyl (C=O) groups is 1. The SMILES string of the molecule is COc1ccc(-c2nnc(COCC(=O)O)o2)cc1OC. The largest absolute Gasteiger partial charge is 0.493 e. The lowest BCUT2D eigenvalue weighted by Crippen LogP contribution is -2.06. The van der Waals surface area contributed by atoms with Gasteiger partial charge in [0.15, 0.2) is 11.5 Å². The maximum atomic E-state index is 10.3. The summed E-state index contributed by atoms with van der Waals surface area (Å²) in [6.45, 7) is -0.485. The molecule has 1 N–H and O–H groups in total. The van der Waals surface area contributed by atoms with E-state index in [1.54, 1.807) is 25.3 Å². The molecule has 0 aliphatic rings. The van der Waals surface area contributed by atoms with Crippen molar-refractivity contribution >= 4 is 5.97 Å². The summed E-state index contributed by atoms with van der Waals surface area (Å²) in [7, 11) is 3.07. The van der Waals surface area contributed by atoms with Crippen molar-refractivity contribution in [2.75, 3.05) is 20.8 Å². The van der Waals surface area contributed by atoms with E-state index in [4.69, 9.17) is 23.7 Å². The van der Waals surface area contributed by atoms with E-state index < -0.39 is 12.6 Å². The number of carboxylic acid groups (broad SMARTS) is 1. The first kappa shape index (κ1) is 14.8. The molecular formula is C13H14N2O6. The molecule has 0 saturated carbocycles. The van der Waals surface area contributed by atoms with Gasteiger partial charge in [0.05, 0.1) is 14.2 Å². The molecule has 8 heteroatoms. The lowest BCUT2D eigenvalue weighted by molar-refractivity contribution is -0.142. The summed E-state index contributed by atoms with van der Waals surface area (Å²) in [5, 5.41) is 16.1. The van der Waals surface area contributed by atoms with E-state index in [0.717, 1.165) is 0 Å². The molecule has 8 nitrogen and oxygen atoms in total. The highest BCUT2D eigenvalue weighted by Gasteiger charge is 2.12. The number of rotatable bonds is 7. The van der Waals surface area contributed by atoms with Crippen LogP contribution in [0, 0.1) is 0 Å². The van der Waals surface area contributed by atoms with Gasteiger partial charge in [-0.05, 0) is 18.2 Å². The van der Waals surface area contributed by atoms with Crippen LogP contribution < -0.4 is 9.47 Å². The van der Waals surface area contributed by atoms with Crippen molar-refractivity contribution in [2.45, 2.75) is 6.61 Å². The minimum Gasteiger partial charge on any atom is -0.493 e. The molecule has 0 spiro atoms. The Bertz CT molecular complexity index is 625. The van der Waals surface area contributed by atoms with Gasteiger partial charge in [0, 0.05) is 5.56 Å². The van der Waals surface area contributed by atoms with E-state index in [1.165, 1.54) is 7.11 Å². The van der Waals surface area contributed by atoms with Gasteiger partial charge in [-0.15, -0.1) is 10.2 Å². The number of carboxylic acids is 1. The lowest BCUT2D eigenvalue weighted by Gasteiger charge is -2.07.